The smallest absolute Gasteiger partial charge is 0.318 e. The number of carbonyl (C=O) groups is 2. The number of rotatable bonds is 4. The summed E-state index contributed by atoms with van der Waals surface area (Å²) in [6.45, 7) is 2.42. The van der Waals surface area contributed by atoms with E-state index in [2.05, 4.69) is 15.5 Å². The number of aromatic nitrogens is 3. The third-order valence-electron chi connectivity index (χ3n) is 3.52. The molecular formula is C12H19N5O3. The summed E-state index contributed by atoms with van der Waals surface area (Å²) in [4.78, 5) is 24.6. The Morgan fingerprint density at radius 3 is 2.95 bits per heavy atom. The summed E-state index contributed by atoms with van der Waals surface area (Å²) in [5.41, 5.74) is 0. The van der Waals surface area contributed by atoms with Crippen LogP contribution in [0, 0.1) is 0 Å². The lowest BCUT2D eigenvalue weighted by Crippen LogP contribution is -2.44. The zero-order valence-electron chi connectivity index (χ0n) is 11.6. The monoisotopic (exact) mass is 281 g/mol. The molecule has 1 saturated heterocycles. The number of aryl methyl sites for hydroxylation is 1. The van der Waals surface area contributed by atoms with Gasteiger partial charge in [-0.25, -0.2) is 4.79 Å². The van der Waals surface area contributed by atoms with Crippen LogP contribution in [-0.2, 0) is 11.8 Å². The molecule has 2 unspecified atom stereocenters. The van der Waals surface area contributed by atoms with Crippen LogP contribution in [0.1, 0.15) is 38.1 Å². The molecule has 0 saturated carbocycles. The molecule has 1 fully saturated rings. The molecule has 1 aromatic rings. The highest BCUT2D eigenvalue weighted by molar-refractivity contribution is 5.76. The van der Waals surface area contributed by atoms with Gasteiger partial charge in [-0.2, -0.15) is 0 Å². The van der Waals surface area contributed by atoms with Crippen LogP contribution in [-0.4, -0.2) is 49.4 Å². The standard InChI is InChI=1S/C12H19N5O3/c1-8(11-15-13-7-16(11)2)14-12(20)17-5-3-4-9(17)6-10(18)19/h7-9H,3-6H2,1-2H3,(H,14,20)(H,18,19). The van der Waals surface area contributed by atoms with Crippen molar-refractivity contribution in [2.24, 2.45) is 7.05 Å². The highest BCUT2D eigenvalue weighted by atomic mass is 16.4. The fourth-order valence-electron chi connectivity index (χ4n) is 2.53. The number of nitrogens with one attached hydrogen (secondary N) is 1. The van der Waals surface area contributed by atoms with Gasteiger partial charge in [0.15, 0.2) is 5.82 Å². The number of nitrogens with zero attached hydrogens (tertiary/aromatic N) is 4. The lowest BCUT2D eigenvalue weighted by Gasteiger charge is -2.25. The van der Waals surface area contributed by atoms with Gasteiger partial charge in [-0.1, -0.05) is 0 Å². The van der Waals surface area contributed by atoms with E-state index < -0.39 is 5.97 Å². The molecule has 1 aliphatic heterocycles. The van der Waals surface area contributed by atoms with Gasteiger partial charge >= 0.3 is 12.0 Å². The van der Waals surface area contributed by atoms with Gasteiger partial charge in [0.1, 0.15) is 6.33 Å². The number of carboxylic acid groups (broad SMARTS) is 1. The Morgan fingerprint density at radius 2 is 2.35 bits per heavy atom. The Balaban J connectivity index is 1.97. The van der Waals surface area contributed by atoms with Gasteiger partial charge in [-0.15, -0.1) is 10.2 Å². The molecule has 2 N–H and O–H groups in total. The highest BCUT2D eigenvalue weighted by Gasteiger charge is 2.31. The Labute approximate surface area is 116 Å². The Morgan fingerprint density at radius 1 is 1.60 bits per heavy atom. The Hall–Kier alpha value is -2.12. The molecule has 2 heterocycles. The van der Waals surface area contributed by atoms with E-state index in [-0.39, 0.29) is 24.5 Å². The van der Waals surface area contributed by atoms with Gasteiger partial charge in [-0.3, -0.25) is 4.79 Å². The van der Waals surface area contributed by atoms with Crippen molar-refractivity contribution in [2.45, 2.75) is 38.3 Å². The van der Waals surface area contributed by atoms with Gasteiger partial charge in [-0.05, 0) is 19.8 Å². The zero-order chi connectivity index (χ0) is 14.7. The predicted octanol–water partition coefficient (Wildman–Crippen LogP) is 0.525. The second-order valence-electron chi connectivity index (χ2n) is 5.06. The summed E-state index contributed by atoms with van der Waals surface area (Å²) in [7, 11) is 1.81. The number of carbonyl (C=O) groups excluding carboxylic acids is 1. The third kappa shape index (κ3) is 3.06. The summed E-state index contributed by atoms with van der Waals surface area (Å²) in [5.74, 6) is -0.219. The van der Waals surface area contributed by atoms with Crippen molar-refractivity contribution in [1.29, 1.82) is 0 Å². The molecule has 8 heteroatoms. The first kappa shape index (κ1) is 14.3. The van der Waals surface area contributed by atoms with E-state index in [0.717, 1.165) is 12.8 Å². The zero-order valence-corrected chi connectivity index (χ0v) is 11.6. The van der Waals surface area contributed by atoms with Gasteiger partial charge in [0.2, 0.25) is 0 Å². The van der Waals surface area contributed by atoms with Crippen LogP contribution in [0.5, 0.6) is 0 Å². The van der Waals surface area contributed by atoms with Crippen LogP contribution >= 0.6 is 0 Å². The van der Waals surface area contributed by atoms with Gasteiger partial charge in [0, 0.05) is 19.6 Å². The molecule has 8 nitrogen and oxygen atoms in total. The molecule has 1 aromatic heterocycles. The van der Waals surface area contributed by atoms with Crippen molar-refractivity contribution in [3.8, 4) is 0 Å². The SMILES string of the molecule is CC(NC(=O)N1CCCC1CC(=O)O)c1nncn1C. The molecule has 0 radical (unpaired) electrons. The summed E-state index contributed by atoms with van der Waals surface area (Å²) in [6.07, 6.45) is 3.13. The van der Waals surface area contributed by atoms with E-state index >= 15 is 0 Å². The lowest BCUT2D eigenvalue weighted by molar-refractivity contribution is -0.137. The fourth-order valence-corrected chi connectivity index (χ4v) is 2.53. The molecule has 0 spiro atoms. The van der Waals surface area contributed by atoms with Crippen molar-refractivity contribution >= 4 is 12.0 Å². The first-order chi connectivity index (χ1) is 9.49. The van der Waals surface area contributed by atoms with E-state index in [9.17, 15) is 9.59 Å². The minimum atomic E-state index is -0.879. The highest BCUT2D eigenvalue weighted by Crippen LogP contribution is 2.21. The first-order valence-electron chi connectivity index (χ1n) is 6.62. The summed E-state index contributed by atoms with van der Waals surface area (Å²) < 4.78 is 1.74. The third-order valence-corrected chi connectivity index (χ3v) is 3.52. The van der Waals surface area contributed by atoms with Crippen LogP contribution < -0.4 is 5.32 Å². The summed E-state index contributed by atoms with van der Waals surface area (Å²) >= 11 is 0. The molecule has 20 heavy (non-hydrogen) atoms. The maximum Gasteiger partial charge on any atom is 0.318 e. The molecule has 2 amide bonds. The lowest BCUT2D eigenvalue weighted by atomic mass is 10.1. The second kappa shape index (κ2) is 5.89. The number of amides is 2. The average Bonchev–Trinajstić information content (AvgIpc) is 2.97. The minimum Gasteiger partial charge on any atom is -0.481 e. The quantitative estimate of drug-likeness (QED) is 0.838. The van der Waals surface area contributed by atoms with Crippen molar-refractivity contribution in [3.63, 3.8) is 0 Å². The molecule has 2 atom stereocenters. The number of aliphatic carboxylic acids is 1. The molecule has 1 aliphatic rings. The van der Waals surface area contributed by atoms with E-state index in [1.807, 2.05) is 6.92 Å². The first-order valence-corrected chi connectivity index (χ1v) is 6.62. The number of carboxylic acids is 1. The van der Waals surface area contributed by atoms with Crippen molar-refractivity contribution in [3.05, 3.63) is 12.2 Å². The number of likely N-dealkylation sites (tertiary alicyclic amines) is 1. The largest absolute Gasteiger partial charge is 0.481 e. The topological polar surface area (TPSA) is 100 Å². The van der Waals surface area contributed by atoms with Crippen LogP contribution in [0.4, 0.5) is 4.79 Å². The van der Waals surface area contributed by atoms with Crippen LogP contribution in [0.15, 0.2) is 6.33 Å². The molecular weight excluding hydrogens is 262 g/mol. The van der Waals surface area contributed by atoms with E-state index in [4.69, 9.17) is 5.11 Å². The number of hydrogen-bond donors (Lipinski definition) is 2. The average molecular weight is 281 g/mol. The van der Waals surface area contributed by atoms with Crippen LogP contribution in [0.3, 0.4) is 0 Å². The fraction of sp³-hybridized carbons (Fsp3) is 0.667. The summed E-state index contributed by atoms with van der Waals surface area (Å²) in [6, 6.07) is -0.746. The Kier molecular flexibility index (Phi) is 4.21. The maximum absolute atomic E-state index is 12.2. The van der Waals surface area contributed by atoms with Crippen molar-refractivity contribution in [2.75, 3.05) is 6.54 Å². The molecule has 0 aromatic carbocycles. The molecule has 0 bridgehead atoms. The van der Waals surface area contributed by atoms with Gasteiger partial charge in [0.05, 0.1) is 12.5 Å². The van der Waals surface area contributed by atoms with Crippen LogP contribution in [0.2, 0.25) is 0 Å². The number of hydrogen-bond acceptors (Lipinski definition) is 4. The molecule has 110 valence electrons. The van der Waals surface area contributed by atoms with E-state index in [0.29, 0.717) is 12.4 Å². The van der Waals surface area contributed by atoms with Crippen LogP contribution in [0.25, 0.3) is 0 Å². The predicted molar refractivity (Wildman–Crippen MR) is 69.9 cm³/mol. The molecule has 2 rings (SSSR count). The number of urea groups is 1. The second-order valence-corrected chi connectivity index (χ2v) is 5.06. The Bertz CT molecular complexity index is 501. The van der Waals surface area contributed by atoms with Crippen molar-refractivity contribution < 1.29 is 14.7 Å². The minimum absolute atomic E-state index is 0.00817. The van der Waals surface area contributed by atoms with Crippen molar-refractivity contribution in [1.82, 2.24) is 25.0 Å². The van der Waals surface area contributed by atoms with Gasteiger partial charge in [0.25, 0.3) is 0 Å². The normalized spacial score (nSPS) is 19.9. The van der Waals surface area contributed by atoms with Gasteiger partial charge < -0.3 is 19.9 Å². The summed E-state index contributed by atoms with van der Waals surface area (Å²) in [5, 5.41) is 19.4. The molecule has 0 aliphatic carbocycles. The van der Waals surface area contributed by atoms with E-state index in [1.165, 1.54) is 0 Å². The van der Waals surface area contributed by atoms with E-state index in [1.54, 1.807) is 22.8 Å². The maximum atomic E-state index is 12.2.